The zero-order valence-corrected chi connectivity index (χ0v) is 18.2. The summed E-state index contributed by atoms with van der Waals surface area (Å²) in [7, 11) is -3.17. The first-order chi connectivity index (χ1) is 15.2. The van der Waals surface area contributed by atoms with E-state index in [9.17, 15) is 27.6 Å². The van der Waals surface area contributed by atoms with Gasteiger partial charge < -0.3 is 10.6 Å². The molecule has 170 valence electrons. The van der Waals surface area contributed by atoms with Gasteiger partial charge in [-0.3, -0.25) is 29.4 Å². The topological polar surface area (TPSA) is 142 Å². The van der Waals surface area contributed by atoms with Crippen molar-refractivity contribution in [2.75, 3.05) is 18.8 Å². The summed E-state index contributed by atoms with van der Waals surface area (Å²) < 4.78 is 24.3. The summed E-state index contributed by atoms with van der Waals surface area (Å²) >= 11 is 0. The van der Waals surface area contributed by atoms with Crippen molar-refractivity contribution in [3.8, 4) is 0 Å². The Morgan fingerprint density at radius 3 is 2.53 bits per heavy atom. The Labute approximate surface area is 185 Å². The van der Waals surface area contributed by atoms with Gasteiger partial charge in [0.15, 0.2) is 9.84 Å². The number of fused-ring (bicyclic) bond motifs is 1. The van der Waals surface area contributed by atoms with Gasteiger partial charge in [0.1, 0.15) is 6.04 Å². The Bertz CT molecular complexity index is 1140. The van der Waals surface area contributed by atoms with E-state index in [0.29, 0.717) is 31.5 Å². The highest BCUT2D eigenvalue weighted by Crippen LogP contribution is 2.42. The molecular formula is C21H24N4O6S. The van der Waals surface area contributed by atoms with E-state index in [2.05, 4.69) is 16.0 Å². The number of nitrogens with one attached hydrogen (secondary N) is 3. The number of hydrogen-bond donors (Lipinski definition) is 3. The molecule has 1 aromatic carbocycles. The van der Waals surface area contributed by atoms with E-state index in [-0.39, 0.29) is 42.3 Å². The van der Waals surface area contributed by atoms with E-state index in [1.807, 2.05) is 0 Å². The van der Waals surface area contributed by atoms with Crippen LogP contribution in [0.4, 0.5) is 0 Å². The van der Waals surface area contributed by atoms with Crippen molar-refractivity contribution in [3.63, 3.8) is 0 Å². The zero-order valence-electron chi connectivity index (χ0n) is 17.3. The van der Waals surface area contributed by atoms with Crippen LogP contribution in [0.5, 0.6) is 0 Å². The van der Waals surface area contributed by atoms with E-state index >= 15 is 0 Å². The van der Waals surface area contributed by atoms with Crippen LogP contribution in [0.3, 0.4) is 0 Å². The van der Waals surface area contributed by atoms with Gasteiger partial charge in [0.25, 0.3) is 11.8 Å². The summed E-state index contributed by atoms with van der Waals surface area (Å²) in [6.45, 7) is 1.53. The van der Waals surface area contributed by atoms with Crippen molar-refractivity contribution in [3.05, 3.63) is 34.9 Å². The van der Waals surface area contributed by atoms with Crippen LogP contribution in [0.2, 0.25) is 0 Å². The second-order valence-corrected chi connectivity index (χ2v) is 11.2. The molecule has 3 saturated heterocycles. The number of nitrogens with zero attached hydrogens (tertiary/aromatic N) is 1. The molecule has 3 N–H and O–H groups in total. The number of carbonyl (C=O) groups excluding carboxylic acids is 4. The smallest absolute Gasteiger partial charge is 0.262 e. The highest BCUT2D eigenvalue weighted by atomic mass is 32.2. The van der Waals surface area contributed by atoms with Crippen molar-refractivity contribution < 1.29 is 27.6 Å². The predicted molar refractivity (Wildman–Crippen MR) is 112 cm³/mol. The van der Waals surface area contributed by atoms with Gasteiger partial charge in [-0.2, -0.15) is 0 Å². The van der Waals surface area contributed by atoms with Crippen LogP contribution >= 0.6 is 0 Å². The fourth-order valence-corrected chi connectivity index (χ4v) is 7.71. The molecule has 0 saturated carbocycles. The molecule has 2 unspecified atom stereocenters. The van der Waals surface area contributed by atoms with Crippen LogP contribution in [-0.2, 0) is 26.0 Å². The molecule has 4 heterocycles. The first-order valence-electron chi connectivity index (χ1n) is 10.7. The van der Waals surface area contributed by atoms with Gasteiger partial charge in [-0.15, -0.1) is 0 Å². The van der Waals surface area contributed by atoms with Crippen LogP contribution in [0, 0.1) is 0 Å². The van der Waals surface area contributed by atoms with Crippen LogP contribution in [-0.4, -0.2) is 72.6 Å². The molecule has 3 fully saturated rings. The Balaban J connectivity index is 1.37. The maximum Gasteiger partial charge on any atom is 0.262 e. The van der Waals surface area contributed by atoms with E-state index in [0.717, 1.165) is 4.90 Å². The lowest BCUT2D eigenvalue weighted by Gasteiger charge is -2.51. The maximum absolute atomic E-state index is 13.2. The minimum atomic E-state index is -3.17. The number of benzene rings is 1. The minimum Gasteiger partial charge on any atom is -0.317 e. The van der Waals surface area contributed by atoms with Gasteiger partial charge >= 0.3 is 0 Å². The average Bonchev–Trinajstić information content (AvgIpc) is 3.02. The molecule has 1 aromatic rings. The van der Waals surface area contributed by atoms with Gasteiger partial charge in [0, 0.05) is 19.0 Å². The summed E-state index contributed by atoms with van der Waals surface area (Å²) in [4.78, 5) is 50.8. The Kier molecular flexibility index (Phi) is 4.95. The van der Waals surface area contributed by atoms with Gasteiger partial charge in [-0.25, -0.2) is 8.42 Å². The monoisotopic (exact) mass is 460 g/mol. The number of hydrogen-bond acceptors (Lipinski definition) is 8. The molecular weight excluding hydrogens is 436 g/mol. The second-order valence-electron chi connectivity index (χ2n) is 8.82. The molecule has 0 aromatic heterocycles. The highest BCUT2D eigenvalue weighted by molar-refractivity contribution is 7.94. The van der Waals surface area contributed by atoms with Crippen molar-refractivity contribution >= 4 is 33.5 Å². The molecule has 4 aliphatic heterocycles. The first kappa shape index (κ1) is 21.2. The Morgan fingerprint density at radius 1 is 1.09 bits per heavy atom. The third-order valence-corrected chi connectivity index (χ3v) is 9.89. The van der Waals surface area contributed by atoms with Crippen molar-refractivity contribution in [1.29, 1.82) is 0 Å². The summed E-state index contributed by atoms with van der Waals surface area (Å²) in [5.74, 6) is -2.13. The molecule has 0 aliphatic carbocycles. The number of imide groups is 2. The van der Waals surface area contributed by atoms with Gasteiger partial charge in [-0.05, 0) is 44.0 Å². The van der Waals surface area contributed by atoms with Gasteiger partial charge in [-0.1, -0.05) is 12.1 Å². The van der Waals surface area contributed by atoms with E-state index in [1.54, 1.807) is 18.2 Å². The lowest BCUT2D eigenvalue weighted by molar-refractivity contribution is -0.136. The van der Waals surface area contributed by atoms with Crippen molar-refractivity contribution in [2.45, 2.75) is 49.1 Å². The quantitative estimate of drug-likeness (QED) is 0.491. The number of sulfone groups is 1. The third kappa shape index (κ3) is 3.02. The normalized spacial score (nSPS) is 28.4. The number of carbonyl (C=O) groups is 4. The molecule has 2 atom stereocenters. The number of piperidine rings is 2. The summed E-state index contributed by atoms with van der Waals surface area (Å²) in [6, 6.07) is 3.72. The van der Waals surface area contributed by atoms with Crippen LogP contribution in [0.15, 0.2) is 18.2 Å². The molecule has 0 bridgehead atoms. The zero-order chi connectivity index (χ0) is 22.7. The average molecular weight is 461 g/mol. The van der Waals surface area contributed by atoms with E-state index in [4.69, 9.17) is 0 Å². The lowest BCUT2D eigenvalue weighted by atomic mass is 9.88. The largest absolute Gasteiger partial charge is 0.317 e. The van der Waals surface area contributed by atoms with Gasteiger partial charge in [0.05, 0.1) is 21.6 Å². The molecule has 4 aliphatic rings. The van der Waals surface area contributed by atoms with Crippen LogP contribution < -0.4 is 16.0 Å². The van der Waals surface area contributed by atoms with Gasteiger partial charge in [0.2, 0.25) is 11.8 Å². The minimum absolute atomic E-state index is 0.0529. The highest BCUT2D eigenvalue weighted by Gasteiger charge is 2.59. The number of amides is 4. The molecule has 5 rings (SSSR count). The molecule has 4 amide bonds. The molecule has 11 heteroatoms. The van der Waals surface area contributed by atoms with Crippen molar-refractivity contribution in [2.24, 2.45) is 0 Å². The maximum atomic E-state index is 13.2. The molecule has 0 radical (unpaired) electrons. The third-order valence-electron chi connectivity index (χ3n) is 7.18. The summed E-state index contributed by atoms with van der Waals surface area (Å²) in [5.41, 5.74) is 1.04. The van der Waals surface area contributed by atoms with Crippen LogP contribution in [0.25, 0.3) is 0 Å². The number of rotatable bonds is 4. The fourth-order valence-electron chi connectivity index (χ4n) is 5.37. The van der Waals surface area contributed by atoms with E-state index in [1.165, 1.54) is 0 Å². The Morgan fingerprint density at radius 2 is 1.84 bits per heavy atom. The van der Waals surface area contributed by atoms with E-state index < -0.39 is 44.3 Å². The van der Waals surface area contributed by atoms with Crippen LogP contribution in [0.1, 0.15) is 52.0 Å². The molecule has 1 spiro atoms. The summed E-state index contributed by atoms with van der Waals surface area (Å²) in [5, 5.41) is 8.69. The first-order valence-corrected chi connectivity index (χ1v) is 12.4. The molecule has 10 nitrogen and oxygen atoms in total. The Hall–Kier alpha value is -2.63. The SMILES string of the molecule is O=C1CCC(N2C(=O)c3cccc(CNC4CS(=O)(=O)C45CCNCC5)c3C2=O)C(=O)N1. The second kappa shape index (κ2) is 7.46. The lowest BCUT2D eigenvalue weighted by Crippen LogP contribution is -2.71. The standard InChI is InChI=1S/C21H24N4O6S/c26-16-5-4-14(18(27)24-16)25-19(28)13-3-1-2-12(17(13)20(25)29)10-23-15-11-32(30,31)21(15)6-8-22-9-7-21/h1-3,14-15,22-23H,4-11H2,(H,24,26,27). The predicted octanol–water partition coefficient (Wildman–Crippen LogP) is -0.903. The fraction of sp³-hybridized carbons (Fsp3) is 0.524. The molecule has 32 heavy (non-hydrogen) atoms. The summed E-state index contributed by atoms with van der Waals surface area (Å²) in [6.07, 6.45) is 1.24. The van der Waals surface area contributed by atoms with Crippen molar-refractivity contribution in [1.82, 2.24) is 20.9 Å².